The molecule has 0 aliphatic carbocycles. The Kier molecular flexibility index (Phi) is 6.21. The third-order valence-electron chi connectivity index (χ3n) is 3.90. The van der Waals surface area contributed by atoms with Crippen LogP contribution in [0.2, 0.25) is 0 Å². The fourth-order valence-electron chi connectivity index (χ4n) is 2.73. The quantitative estimate of drug-likeness (QED) is 0.805. The molecule has 19 heavy (non-hydrogen) atoms. The van der Waals surface area contributed by atoms with Crippen LogP contribution in [0.5, 0.6) is 0 Å². The SMILES string of the molecule is CCSCCN1CC(CC)NCC1c1ccccc1. The first-order valence-electron chi connectivity index (χ1n) is 7.45. The van der Waals surface area contributed by atoms with Gasteiger partial charge in [-0.05, 0) is 17.7 Å². The standard InChI is InChI=1S/C16H26N2S/c1-3-15-13-18(10-11-19-4-2)16(12-17-15)14-8-6-5-7-9-14/h5-9,15-17H,3-4,10-13H2,1-2H3. The van der Waals surface area contributed by atoms with Gasteiger partial charge in [-0.2, -0.15) is 11.8 Å². The molecule has 0 amide bonds. The number of thioether (sulfide) groups is 1. The predicted molar refractivity (Wildman–Crippen MR) is 85.8 cm³/mol. The van der Waals surface area contributed by atoms with Crippen molar-refractivity contribution < 1.29 is 0 Å². The molecule has 1 N–H and O–H groups in total. The van der Waals surface area contributed by atoms with Crippen molar-refractivity contribution >= 4 is 11.8 Å². The van der Waals surface area contributed by atoms with Crippen LogP contribution in [0.25, 0.3) is 0 Å². The molecule has 1 heterocycles. The number of nitrogens with zero attached hydrogens (tertiary/aromatic N) is 1. The second kappa shape index (κ2) is 7.93. The molecular formula is C16H26N2S. The summed E-state index contributed by atoms with van der Waals surface area (Å²) >= 11 is 2.05. The Balaban J connectivity index is 2.02. The zero-order valence-corrected chi connectivity index (χ0v) is 13.0. The van der Waals surface area contributed by atoms with E-state index in [2.05, 4.69) is 54.4 Å². The summed E-state index contributed by atoms with van der Waals surface area (Å²) in [7, 11) is 0. The lowest BCUT2D eigenvalue weighted by Crippen LogP contribution is -2.52. The van der Waals surface area contributed by atoms with Crippen LogP contribution in [0, 0.1) is 0 Å². The van der Waals surface area contributed by atoms with E-state index in [1.807, 2.05) is 11.8 Å². The van der Waals surface area contributed by atoms with Crippen molar-refractivity contribution in [3.63, 3.8) is 0 Å². The van der Waals surface area contributed by atoms with Crippen LogP contribution in [-0.4, -0.2) is 42.1 Å². The van der Waals surface area contributed by atoms with E-state index >= 15 is 0 Å². The maximum Gasteiger partial charge on any atom is 0.0473 e. The van der Waals surface area contributed by atoms with Gasteiger partial charge in [0, 0.05) is 37.5 Å². The molecule has 1 saturated heterocycles. The summed E-state index contributed by atoms with van der Waals surface area (Å²) in [6.45, 7) is 7.99. The summed E-state index contributed by atoms with van der Waals surface area (Å²) in [6.07, 6.45) is 1.22. The molecule has 0 bridgehead atoms. The minimum atomic E-state index is 0.543. The molecule has 2 atom stereocenters. The van der Waals surface area contributed by atoms with Gasteiger partial charge in [0.1, 0.15) is 0 Å². The van der Waals surface area contributed by atoms with Crippen molar-refractivity contribution in [2.45, 2.75) is 32.4 Å². The Labute approximate surface area is 122 Å². The van der Waals surface area contributed by atoms with Gasteiger partial charge in [-0.1, -0.05) is 44.2 Å². The van der Waals surface area contributed by atoms with Crippen LogP contribution in [0.3, 0.4) is 0 Å². The first-order chi connectivity index (χ1) is 9.35. The first-order valence-corrected chi connectivity index (χ1v) is 8.60. The van der Waals surface area contributed by atoms with Crippen molar-refractivity contribution in [2.75, 3.05) is 31.1 Å². The van der Waals surface area contributed by atoms with Crippen molar-refractivity contribution in [3.8, 4) is 0 Å². The van der Waals surface area contributed by atoms with Gasteiger partial charge in [0.25, 0.3) is 0 Å². The first kappa shape index (κ1) is 14.9. The van der Waals surface area contributed by atoms with Crippen molar-refractivity contribution in [1.29, 1.82) is 0 Å². The second-order valence-electron chi connectivity index (χ2n) is 5.13. The molecule has 1 aliphatic rings. The predicted octanol–water partition coefficient (Wildman–Crippen LogP) is 3.16. The molecule has 3 heteroatoms. The van der Waals surface area contributed by atoms with Gasteiger partial charge in [-0.15, -0.1) is 0 Å². The van der Waals surface area contributed by atoms with E-state index in [9.17, 15) is 0 Å². The maximum atomic E-state index is 3.69. The fraction of sp³-hybridized carbons (Fsp3) is 0.625. The van der Waals surface area contributed by atoms with Gasteiger partial charge in [-0.3, -0.25) is 4.90 Å². The number of hydrogen-bond acceptors (Lipinski definition) is 3. The Morgan fingerprint density at radius 2 is 2.05 bits per heavy atom. The zero-order chi connectivity index (χ0) is 13.5. The highest BCUT2D eigenvalue weighted by molar-refractivity contribution is 7.99. The molecule has 2 unspecified atom stereocenters. The minimum Gasteiger partial charge on any atom is -0.311 e. The molecule has 2 rings (SSSR count). The van der Waals surface area contributed by atoms with E-state index in [4.69, 9.17) is 0 Å². The van der Waals surface area contributed by atoms with E-state index in [1.165, 1.54) is 36.6 Å². The lowest BCUT2D eigenvalue weighted by Gasteiger charge is -2.40. The van der Waals surface area contributed by atoms with Crippen LogP contribution >= 0.6 is 11.8 Å². The van der Waals surface area contributed by atoms with Crippen LogP contribution in [0.1, 0.15) is 31.9 Å². The van der Waals surface area contributed by atoms with Crippen LogP contribution < -0.4 is 5.32 Å². The number of rotatable bonds is 6. The Morgan fingerprint density at radius 3 is 2.74 bits per heavy atom. The van der Waals surface area contributed by atoms with E-state index in [-0.39, 0.29) is 0 Å². The molecule has 2 nitrogen and oxygen atoms in total. The summed E-state index contributed by atoms with van der Waals surface area (Å²) in [6, 6.07) is 12.1. The number of piperazine rings is 1. The third-order valence-corrected chi connectivity index (χ3v) is 4.78. The molecule has 1 fully saturated rings. The Hall–Kier alpha value is -0.510. The minimum absolute atomic E-state index is 0.543. The van der Waals surface area contributed by atoms with Gasteiger partial charge in [0.15, 0.2) is 0 Å². The van der Waals surface area contributed by atoms with E-state index < -0.39 is 0 Å². The highest BCUT2D eigenvalue weighted by Gasteiger charge is 2.27. The normalized spacial score (nSPS) is 24.5. The summed E-state index contributed by atoms with van der Waals surface area (Å²) < 4.78 is 0. The van der Waals surface area contributed by atoms with Crippen LogP contribution in [-0.2, 0) is 0 Å². The molecule has 0 spiro atoms. The maximum absolute atomic E-state index is 3.69. The van der Waals surface area contributed by atoms with E-state index in [0.29, 0.717) is 12.1 Å². The molecule has 0 saturated carbocycles. The smallest absolute Gasteiger partial charge is 0.0473 e. The molecule has 0 aromatic heterocycles. The van der Waals surface area contributed by atoms with Gasteiger partial charge in [-0.25, -0.2) is 0 Å². The second-order valence-corrected chi connectivity index (χ2v) is 6.53. The fourth-order valence-corrected chi connectivity index (χ4v) is 3.39. The monoisotopic (exact) mass is 278 g/mol. The Bertz CT molecular complexity index is 355. The van der Waals surface area contributed by atoms with E-state index in [0.717, 1.165) is 6.54 Å². The molecule has 0 radical (unpaired) electrons. The zero-order valence-electron chi connectivity index (χ0n) is 12.1. The summed E-state index contributed by atoms with van der Waals surface area (Å²) in [5.74, 6) is 2.47. The summed E-state index contributed by atoms with van der Waals surface area (Å²) in [5.41, 5.74) is 1.45. The van der Waals surface area contributed by atoms with Gasteiger partial charge >= 0.3 is 0 Å². The third kappa shape index (κ3) is 4.23. The summed E-state index contributed by atoms with van der Waals surface area (Å²) in [4.78, 5) is 2.67. The molecule has 1 aromatic carbocycles. The number of benzene rings is 1. The largest absolute Gasteiger partial charge is 0.311 e. The molecule has 1 aliphatic heterocycles. The van der Waals surface area contributed by atoms with Crippen LogP contribution in [0.4, 0.5) is 0 Å². The van der Waals surface area contributed by atoms with Crippen LogP contribution in [0.15, 0.2) is 30.3 Å². The molecular weight excluding hydrogens is 252 g/mol. The van der Waals surface area contributed by atoms with Crippen molar-refractivity contribution in [2.24, 2.45) is 0 Å². The van der Waals surface area contributed by atoms with E-state index in [1.54, 1.807) is 0 Å². The van der Waals surface area contributed by atoms with Gasteiger partial charge in [0.05, 0.1) is 0 Å². The van der Waals surface area contributed by atoms with Crippen molar-refractivity contribution in [3.05, 3.63) is 35.9 Å². The highest BCUT2D eigenvalue weighted by Crippen LogP contribution is 2.24. The number of nitrogens with one attached hydrogen (secondary N) is 1. The Morgan fingerprint density at radius 1 is 1.26 bits per heavy atom. The summed E-state index contributed by atoms with van der Waals surface area (Å²) in [5, 5.41) is 3.69. The van der Waals surface area contributed by atoms with Gasteiger partial charge < -0.3 is 5.32 Å². The average molecular weight is 278 g/mol. The topological polar surface area (TPSA) is 15.3 Å². The van der Waals surface area contributed by atoms with Gasteiger partial charge in [0.2, 0.25) is 0 Å². The molecule has 1 aromatic rings. The van der Waals surface area contributed by atoms with Crippen molar-refractivity contribution in [1.82, 2.24) is 10.2 Å². The average Bonchev–Trinajstić information content (AvgIpc) is 2.48. The number of hydrogen-bond donors (Lipinski definition) is 1. The highest BCUT2D eigenvalue weighted by atomic mass is 32.2. The molecule has 106 valence electrons. The lowest BCUT2D eigenvalue weighted by molar-refractivity contribution is 0.137. The lowest BCUT2D eigenvalue weighted by atomic mass is 10.0.